The number of Topliss-reactive ketones (excluding diaryl/α,β-unsaturated/α-hetero) is 2. The maximum absolute atomic E-state index is 14.9. The number of hydrogen-bond donors (Lipinski definition) is 1. The Morgan fingerprint density at radius 1 is 1.13 bits per heavy atom. The molecule has 2 aliphatic carbocycles. The van der Waals surface area contributed by atoms with Gasteiger partial charge in [-0.1, -0.05) is 46.8 Å². The number of methoxy groups -OCH3 is 1. The average Bonchev–Trinajstić information content (AvgIpc) is 4.02. The van der Waals surface area contributed by atoms with Crippen molar-refractivity contribution < 1.29 is 45.9 Å². The summed E-state index contributed by atoms with van der Waals surface area (Å²) in [7, 11) is -2.99. The van der Waals surface area contributed by atoms with Gasteiger partial charge in [0, 0.05) is 42.2 Å². The molecular formula is C41H53F2N3O8S. The Balaban J connectivity index is 1.36. The van der Waals surface area contributed by atoms with Crippen molar-refractivity contribution in [3.05, 3.63) is 42.4 Å². The van der Waals surface area contributed by atoms with Crippen LogP contribution in [0.25, 0.3) is 10.8 Å². The minimum atomic E-state index is -4.35. The van der Waals surface area contributed by atoms with Gasteiger partial charge in [-0.05, 0) is 79.9 Å². The number of carbonyl (C=O) groups excluding carboxylic acids is 4. The number of ketones is 2. The van der Waals surface area contributed by atoms with E-state index in [0.717, 1.165) is 6.42 Å². The van der Waals surface area contributed by atoms with Gasteiger partial charge in [0.15, 0.2) is 17.3 Å². The van der Waals surface area contributed by atoms with Gasteiger partial charge in [-0.3, -0.25) is 23.9 Å². The summed E-state index contributed by atoms with van der Waals surface area (Å²) in [5.74, 6) is -3.44. The fourth-order valence-electron chi connectivity index (χ4n) is 8.30. The quantitative estimate of drug-likeness (QED) is 0.290. The van der Waals surface area contributed by atoms with E-state index < -0.39 is 73.8 Å². The number of allylic oxidation sites excluding steroid dienone is 2. The van der Waals surface area contributed by atoms with Crippen molar-refractivity contribution in [1.82, 2.24) is 14.6 Å². The zero-order valence-corrected chi connectivity index (χ0v) is 33.3. The number of carbonyl (C=O) groups is 4. The zero-order chi connectivity index (χ0) is 40.1. The number of pyridine rings is 1. The smallest absolute Gasteiger partial charge is 0.243 e. The molecule has 55 heavy (non-hydrogen) atoms. The lowest BCUT2D eigenvalue weighted by molar-refractivity contribution is -0.145. The number of fused-ring (bicyclic) bond motifs is 3. The zero-order valence-electron chi connectivity index (χ0n) is 32.5. The number of aromatic nitrogens is 1. The number of hydrogen-bond acceptors (Lipinski definition) is 9. The highest BCUT2D eigenvalue weighted by molar-refractivity contribution is 7.91. The Kier molecular flexibility index (Phi) is 11.2. The Bertz CT molecular complexity index is 1990. The van der Waals surface area contributed by atoms with Gasteiger partial charge in [-0.2, -0.15) is 0 Å². The third-order valence-electron chi connectivity index (χ3n) is 12.3. The standard InChI is InChI=1S/C41H53F2N3O8S/c1-24-9-7-8-10-27-20-41(27,38(50)45-55(51,52)40(23-42)12-13-40)21-33(47)32-17-28(54-36-30-18-31(43)34(53-6)16-26(30)11-14-44-36)22-46(32)37(49)29(25(2)15-24)19-35(48)39(3,4)5/h8,10-11,14,16,18,24-25,27-29,32H,7,9,12-13,15,17,19-23H2,1-6H3,(H,45,50)/b10-8-/t24-,25-,27-,28-,29+,32+,41-/m1/s1. The van der Waals surface area contributed by atoms with Crippen molar-refractivity contribution in [2.75, 3.05) is 20.3 Å². The minimum absolute atomic E-state index is 0.0202. The largest absolute Gasteiger partial charge is 0.494 e. The van der Waals surface area contributed by atoms with E-state index in [4.69, 9.17) is 9.47 Å². The second-order valence-electron chi connectivity index (χ2n) is 17.5. The molecule has 2 aromatic rings. The van der Waals surface area contributed by atoms with Crippen LogP contribution in [0.2, 0.25) is 0 Å². The number of benzene rings is 1. The summed E-state index contributed by atoms with van der Waals surface area (Å²) < 4.78 is 67.1. The van der Waals surface area contributed by atoms with Gasteiger partial charge in [-0.15, -0.1) is 0 Å². The lowest BCUT2D eigenvalue weighted by atomic mass is 9.77. The minimum Gasteiger partial charge on any atom is -0.494 e. The maximum Gasteiger partial charge on any atom is 0.243 e. The number of rotatable bonds is 9. The highest BCUT2D eigenvalue weighted by atomic mass is 32.2. The van der Waals surface area contributed by atoms with E-state index in [0.29, 0.717) is 23.6 Å². The molecule has 7 atom stereocenters. The van der Waals surface area contributed by atoms with Gasteiger partial charge >= 0.3 is 0 Å². The number of amides is 2. The van der Waals surface area contributed by atoms with Crippen molar-refractivity contribution in [3.63, 3.8) is 0 Å². The molecule has 2 amide bonds. The molecule has 4 aliphatic rings. The highest BCUT2D eigenvalue weighted by Gasteiger charge is 2.63. The number of alkyl halides is 1. The molecule has 0 spiro atoms. The number of nitrogens with one attached hydrogen (secondary N) is 1. The number of ether oxygens (including phenoxy) is 2. The maximum atomic E-state index is 14.9. The number of sulfonamides is 1. The van der Waals surface area contributed by atoms with Crippen LogP contribution in [-0.2, 0) is 29.2 Å². The molecule has 11 nitrogen and oxygen atoms in total. The summed E-state index contributed by atoms with van der Waals surface area (Å²) in [6.45, 7) is 8.33. The molecule has 1 aromatic carbocycles. The first-order chi connectivity index (χ1) is 25.8. The van der Waals surface area contributed by atoms with E-state index in [9.17, 15) is 36.4 Å². The van der Waals surface area contributed by atoms with Crippen LogP contribution in [0.3, 0.4) is 0 Å². The molecular weight excluding hydrogens is 733 g/mol. The third-order valence-corrected chi connectivity index (χ3v) is 14.4. The Morgan fingerprint density at radius 3 is 2.51 bits per heavy atom. The summed E-state index contributed by atoms with van der Waals surface area (Å²) in [5, 5.41) is 0.966. The third kappa shape index (κ3) is 8.16. The van der Waals surface area contributed by atoms with E-state index in [1.807, 2.05) is 39.8 Å². The predicted molar refractivity (Wildman–Crippen MR) is 202 cm³/mol. The molecule has 2 aliphatic heterocycles. The van der Waals surface area contributed by atoms with Crippen molar-refractivity contribution >= 4 is 44.2 Å². The van der Waals surface area contributed by atoms with Crippen LogP contribution in [0.5, 0.6) is 11.6 Å². The SMILES string of the molecule is COc1cc2ccnc(O[C@@H]3C[C@H]4C(=O)C[C@]5(C(=O)NS(=O)(=O)C6(CF)CC6)C[C@H]5/C=C\CC[C@@H](C)C[C@@H](C)[C@H](CC(=O)C(C)(C)C)C(=O)N4C3)c2cc1F. The van der Waals surface area contributed by atoms with Crippen LogP contribution >= 0.6 is 0 Å². The fourth-order valence-corrected chi connectivity index (χ4v) is 9.75. The Morgan fingerprint density at radius 2 is 1.85 bits per heavy atom. The van der Waals surface area contributed by atoms with Crippen LogP contribution in [0.15, 0.2) is 36.5 Å². The van der Waals surface area contributed by atoms with Gasteiger partial charge in [0.2, 0.25) is 27.7 Å². The van der Waals surface area contributed by atoms with Crippen LogP contribution < -0.4 is 14.2 Å². The first kappa shape index (κ1) is 40.7. The Hall–Kier alpha value is -3.94. The molecule has 300 valence electrons. The predicted octanol–water partition coefficient (Wildman–Crippen LogP) is 6.28. The molecule has 0 unspecified atom stereocenters. The second-order valence-corrected chi connectivity index (χ2v) is 19.6. The van der Waals surface area contributed by atoms with Gasteiger partial charge in [-0.25, -0.2) is 22.2 Å². The van der Waals surface area contributed by atoms with Gasteiger partial charge in [0.1, 0.15) is 23.3 Å². The summed E-state index contributed by atoms with van der Waals surface area (Å²) in [6, 6.07) is 3.38. The first-order valence-corrected chi connectivity index (χ1v) is 20.8. The van der Waals surface area contributed by atoms with Crippen molar-refractivity contribution in [2.24, 2.45) is 34.5 Å². The lowest BCUT2D eigenvalue weighted by Crippen LogP contribution is -2.48. The molecule has 6 rings (SSSR count). The first-order valence-electron chi connectivity index (χ1n) is 19.3. The van der Waals surface area contributed by atoms with E-state index in [1.165, 1.54) is 30.3 Å². The van der Waals surface area contributed by atoms with E-state index in [1.54, 1.807) is 6.07 Å². The van der Waals surface area contributed by atoms with Crippen LogP contribution in [0.1, 0.15) is 92.4 Å². The van der Waals surface area contributed by atoms with E-state index in [2.05, 4.69) is 16.6 Å². The van der Waals surface area contributed by atoms with E-state index in [-0.39, 0.29) is 80.2 Å². The van der Waals surface area contributed by atoms with E-state index >= 15 is 0 Å². The molecule has 2 saturated carbocycles. The Labute approximate surface area is 322 Å². The van der Waals surface area contributed by atoms with Gasteiger partial charge in [0.05, 0.1) is 25.1 Å². The normalized spacial score (nSPS) is 30.4. The summed E-state index contributed by atoms with van der Waals surface area (Å²) in [6.07, 6.45) is 6.72. The molecule has 0 radical (unpaired) electrons. The highest BCUT2D eigenvalue weighted by Crippen LogP contribution is 2.58. The summed E-state index contributed by atoms with van der Waals surface area (Å²) in [5.41, 5.74) is -2.12. The number of nitrogens with zero attached hydrogens (tertiary/aromatic N) is 2. The van der Waals surface area contributed by atoms with Crippen LogP contribution in [0, 0.1) is 40.3 Å². The molecule has 0 bridgehead atoms. The van der Waals surface area contributed by atoms with Gasteiger partial charge in [0.25, 0.3) is 0 Å². The van der Waals surface area contributed by atoms with Crippen molar-refractivity contribution in [2.45, 2.75) is 109 Å². The second kappa shape index (κ2) is 15.2. The molecule has 14 heteroatoms. The molecule has 3 heterocycles. The monoisotopic (exact) mass is 785 g/mol. The fraction of sp³-hybridized carbons (Fsp3) is 0.634. The topological polar surface area (TPSA) is 149 Å². The van der Waals surface area contributed by atoms with Crippen LogP contribution in [-0.4, -0.2) is 78.9 Å². The van der Waals surface area contributed by atoms with Gasteiger partial charge < -0.3 is 14.4 Å². The summed E-state index contributed by atoms with van der Waals surface area (Å²) in [4.78, 5) is 62.7. The molecule has 3 fully saturated rings. The average molecular weight is 786 g/mol. The lowest BCUT2D eigenvalue weighted by Gasteiger charge is -2.33. The van der Waals surface area contributed by atoms with Crippen LogP contribution in [0.4, 0.5) is 8.78 Å². The molecule has 1 N–H and O–H groups in total. The molecule has 1 saturated heterocycles. The van der Waals surface area contributed by atoms with Crippen molar-refractivity contribution in [3.8, 4) is 11.6 Å². The number of halogens is 2. The summed E-state index contributed by atoms with van der Waals surface area (Å²) >= 11 is 0. The van der Waals surface area contributed by atoms with Crippen molar-refractivity contribution in [1.29, 1.82) is 0 Å². The molecule has 1 aromatic heterocycles.